The van der Waals surface area contributed by atoms with Crippen molar-refractivity contribution in [2.45, 2.75) is 57.3 Å². The highest BCUT2D eigenvalue weighted by molar-refractivity contribution is 7.22. The molecule has 0 spiro atoms. The molecule has 2 aliphatic rings. The van der Waals surface area contributed by atoms with Gasteiger partial charge in [-0.25, -0.2) is 4.98 Å². The second-order valence-electron chi connectivity index (χ2n) is 7.39. The van der Waals surface area contributed by atoms with Crippen molar-refractivity contribution in [2.24, 2.45) is 0 Å². The van der Waals surface area contributed by atoms with E-state index in [2.05, 4.69) is 22.1 Å². The summed E-state index contributed by atoms with van der Waals surface area (Å²) in [5.41, 5.74) is 4.54. The second kappa shape index (κ2) is 5.02. The van der Waals surface area contributed by atoms with Crippen molar-refractivity contribution in [3.63, 3.8) is 0 Å². The maximum Gasteiger partial charge on any atom is 0.268 e. The van der Waals surface area contributed by atoms with Gasteiger partial charge in [-0.15, -0.1) is 11.3 Å². The molecule has 5 rings (SSSR count). The molecule has 0 unspecified atom stereocenters. The minimum Gasteiger partial charge on any atom is -0.309 e. The van der Waals surface area contributed by atoms with Crippen LogP contribution in [0.4, 0.5) is 0 Å². The normalized spacial score (nSPS) is 19.2. The maximum absolute atomic E-state index is 12.7. The van der Waals surface area contributed by atoms with E-state index >= 15 is 0 Å². The monoisotopic (exact) mass is 340 g/mol. The zero-order valence-electron chi connectivity index (χ0n) is 13.7. The number of rotatable bonds is 1. The van der Waals surface area contributed by atoms with Crippen LogP contribution in [-0.2, 0) is 18.3 Å². The average molecular weight is 340 g/mol. The van der Waals surface area contributed by atoms with E-state index in [1.807, 2.05) is 6.20 Å². The molecule has 0 saturated heterocycles. The minimum absolute atomic E-state index is 0.0197. The molecular formula is C18H20N4OS. The Kier molecular flexibility index (Phi) is 3.01. The van der Waals surface area contributed by atoms with Crippen LogP contribution in [0.1, 0.15) is 56.1 Å². The molecule has 3 heterocycles. The number of hydrogen-bond acceptors (Lipinski definition) is 4. The van der Waals surface area contributed by atoms with Gasteiger partial charge in [0.2, 0.25) is 0 Å². The summed E-state index contributed by atoms with van der Waals surface area (Å²) in [7, 11) is 0. The smallest absolute Gasteiger partial charge is 0.268 e. The first-order valence-electron chi connectivity index (χ1n) is 8.74. The minimum atomic E-state index is 0.0197. The van der Waals surface area contributed by atoms with Crippen molar-refractivity contribution in [2.75, 3.05) is 0 Å². The van der Waals surface area contributed by atoms with E-state index in [1.54, 1.807) is 11.3 Å². The number of hydrogen-bond donors (Lipinski definition) is 2. The lowest BCUT2D eigenvalue weighted by atomic mass is 9.88. The Labute approximate surface area is 143 Å². The van der Waals surface area contributed by atoms with Crippen LogP contribution in [0, 0.1) is 0 Å². The predicted molar refractivity (Wildman–Crippen MR) is 95.7 cm³/mol. The number of nitrogens with zero attached hydrogens (tertiary/aromatic N) is 2. The zero-order chi connectivity index (χ0) is 16.3. The molecule has 6 heteroatoms. The number of thiophene rings is 1. The van der Waals surface area contributed by atoms with Crippen LogP contribution >= 0.6 is 11.3 Å². The molecule has 2 aliphatic carbocycles. The van der Waals surface area contributed by atoms with Crippen molar-refractivity contribution in [1.29, 1.82) is 0 Å². The third kappa shape index (κ3) is 1.95. The van der Waals surface area contributed by atoms with E-state index in [0.29, 0.717) is 0 Å². The molecule has 0 radical (unpaired) electrons. The number of H-pyrrole nitrogens is 2. The van der Waals surface area contributed by atoms with Crippen LogP contribution in [0.2, 0.25) is 0 Å². The molecule has 3 aromatic rings. The molecule has 1 saturated carbocycles. The Morgan fingerprint density at radius 1 is 1.21 bits per heavy atom. The van der Waals surface area contributed by atoms with E-state index in [-0.39, 0.29) is 11.0 Å². The van der Waals surface area contributed by atoms with Gasteiger partial charge in [-0.05, 0) is 37.7 Å². The molecule has 124 valence electrons. The SMILES string of the molecule is CC1(c2nc3c4c(sc3c(=O)[nH]2)-c2cn[nH]c2CCC4)CCCC1. The largest absolute Gasteiger partial charge is 0.309 e. The van der Waals surface area contributed by atoms with Crippen molar-refractivity contribution < 1.29 is 0 Å². The number of fused-ring (bicyclic) bond motifs is 5. The Balaban J connectivity index is 1.78. The molecule has 3 aromatic heterocycles. The van der Waals surface area contributed by atoms with Crippen molar-refractivity contribution in [1.82, 2.24) is 20.2 Å². The summed E-state index contributed by atoms with van der Waals surface area (Å²) in [4.78, 5) is 22.0. The molecule has 0 aliphatic heterocycles. The van der Waals surface area contributed by atoms with Gasteiger partial charge in [-0.2, -0.15) is 5.10 Å². The molecule has 0 atom stereocenters. The Morgan fingerprint density at radius 3 is 2.88 bits per heavy atom. The fourth-order valence-corrected chi connectivity index (χ4v) is 5.52. The highest BCUT2D eigenvalue weighted by Crippen LogP contribution is 2.43. The fourth-order valence-electron chi connectivity index (χ4n) is 4.30. The lowest BCUT2D eigenvalue weighted by Gasteiger charge is -2.22. The van der Waals surface area contributed by atoms with Crippen molar-refractivity contribution in [3.05, 3.63) is 33.6 Å². The van der Waals surface area contributed by atoms with Crippen LogP contribution in [0.15, 0.2) is 11.0 Å². The third-order valence-corrected chi connectivity index (χ3v) is 6.99. The fraction of sp³-hybridized carbons (Fsp3) is 0.500. The maximum atomic E-state index is 12.7. The van der Waals surface area contributed by atoms with E-state index < -0.39 is 0 Å². The molecule has 24 heavy (non-hydrogen) atoms. The summed E-state index contributed by atoms with van der Waals surface area (Å²) in [6, 6.07) is 0. The molecule has 5 nitrogen and oxygen atoms in total. The summed E-state index contributed by atoms with van der Waals surface area (Å²) in [5, 5.41) is 7.31. The van der Waals surface area contributed by atoms with Gasteiger partial charge in [0.15, 0.2) is 0 Å². The lowest BCUT2D eigenvalue weighted by Crippen LogP contribution is -2.24. The number of aromatic nitrogens is 4. The van der Waals surface area contributed by atoms with Gasteiger partial charge in [0.25, 0.3) is 5.56 Å². The van der Waals surface area contributed by atoms with Gasteiger partial charge in [0.05, 0.1) is 11.7 Å². The first kappa shape index (κ1) is 14.4. The quantitative estimate of drug-likeness (QED) is 0.709. The third-order valence-electron chi connectivity index (χ3n) is 5.74. The highest BCUT2D eigenvalue weighted by atomic mass is 32.1. The first-order valence-corrected chi connectivity index (χ1v) is 9.56. The molecule has 0 amide bonds. The standard InChI is InChI=1S/C18H20N4OS/c1-18(7-2-3-8-18)17-20-13-10-5-4-6-12-11(9-19-22-12)14(10)24-15(13)16(23)21-17/h9H,2-8H2,1H3,(H,19,22)(H,20,21,23). The van der Waals surface area contributed by atoms with Crippen LogP contribution < -0.4 is 5.56 Å². The highest BCUT2D eigenvalue weighted by Gasteiger charge is 2.34. The van der Waals surface area contributed by atoms with E-state index in [0.717, 1.165) is 53.7 Å². The molecule has 0 aromatic carbocycles. The average Bonchev–Trinajstić information content (AvgIpc) is 3.26. The van der Waals surface area contributed by atoms with Crippen molar-refractivity contribution in [3.8, 4) is 10.4 Å². The van der Waals surface area contributed by atoms with Gasteiger partial charge in [0.1, 0.15) is 10.5 Å². The summed E-state index contributed by atoms with van der Waals surface area (Å²) in [5.74, 6) is 0.884. The zero-order valence-corrected chi connectivity index (χ0v) is 14.6. The molecular weight excluding hydrogens is 320 g/mol. The summed E-state index contributed by atoms with van der Waals surface area (Å²) in [6.45, 7) is 2.24. The Hall–Kier alpha value is -1.95. The van der Waals surface area contributed by atoms with Gasteiger partial charge in [0, 0.05) is 21.5 Å². The number of aryl methyl sites for hydroxylation is 2. The van der Waals surface area contributed by atoms with Crippen LogP contribution in [0.5, 0.6) is 0 Å². The van der Waals surface area contributed by atoms with Crippen LogP contribution in [-0.4, -0.2) is 20.2 Å². The molecule has 0 bridgehead atoms. The number of aromatic amines is 2. The molecule has 2 N–H and O–H groups in total. The van der Waals surface area contributed by atoms with Crippen LogP contribution in [0.25, 0.3) is 20.7 Å². The summed E-state index contributed by atoms with van der Waals surface area (Å²) in [6.07, 6.45) is 9.60. The number of nitrogens with one attached hydrogen (secondary N) is 2. The van der Waals surface area contributed by atoms with Gasteiger partial charge in [-0.3, -0.25) is 9.89 Å². The summed E-state index contributed by atoms with van der Waals surface area (Å²) < 4.78 is 0.763. The van der Waals surface area contributed by atoms with Crippen molar-refractivity contribution >= 4 is 21.6 Å². The topological polar surface area (TPSA) is 74.4 Å². The summed E-state index contributed by atoms with van der Waals surface area (Å²) >= 11 is 1.57. The molecule has 1 fully saturated rings. The van der Waals surface area contributed by atoms with Crippen LogP contribution in [0.3, 0.4) is 0 Å². The Bertz CT molecular complexity index is 990. The second-order valence-corrected chi connectivity index (χ2v) is 8.41. The van der Waals surface area contributed by atoms with Gasteiger partial charge < -0.3 is 4.98 Å². The van der Waals surface area contributed by atoms with E-state index in [4.69, 9.17) is 4.98 Å². The lowest BCUT2D eigenvalue weighted by molar-refractivity contribution is 0.459. The van der Waals surface area contributed by atoms with E-state index in [9.17, 15) is 4.79 Å². The Morgan fingerprint density at radius 2 is 2.04 bits per heavy atom. The first-order chi connectivity index (χ1) is 11.7. The van der Waals surface area contributed by atoms with E-state index in [1.165, 1.54) is 29.0 Å². The predicted octanol–water partition coefficient (Wildman–Crippen LogP) is 3.70. The van der Waals surface area contributed by atoms with Gasteiger partial charge >= 0.3 is 0 Å². The van der Waals surface area contributed by atoms with Gasteiger partial charge in [-0.1, -0.05) is 19.8 Å².